The quantitative estimate of drug-likeness (QED) is 0.434. The first-order valence-corrected chi connectivity index (χ1v) is 12.5. The lowest BCUT2D eigenvalue weighted by Gasteiger charge is -2.34. The van der Waals surface area contributed by atoms with Crippen LogP contribution < -0.4 is 15.8 Å². The van der Waals surface area contributed by atoms with Crippen LogP contribution in [0.25, 0.3) is 28.1 Å². The number of alkyl carbamates (subject to hydrolysis) is 1. The highest BCUT2D eigenvalue weighted by molar-refractivity contribution is 5.82. The lowest BCUT2D eigenvalue weighted by Crippen LogP contribution is -2.50. The Hall–Kier alpha value is -4.35. The van der Waals surface area contributed by atoms with Crippen molar-refractivity contribution in [2.45, 2.75) is 52.2 Å². The van der Waals surface area contributed by atoms with Crippen LogP contribution in [0.4, 0.5) is 10.6 Å². The summed E-state index contributed by atoms with van der Waals surface area (Å²) in [7, 11) is 1.69. The van der Waals surface area contributed by atoms with Gasteiger partial charge in [-0.1, -0.05) is 0 Å². The smallest absolute Gasteiger partial charge is 0.407 e. The number of rotatable bonds is 4. The third kappa shape index (κ3) is 5.34. The third-order valence-corrected chi connectivity index (χ3v) is 6.17. The summed E-state index contributed by atoms with van der Waals surface area (Å²) in [5.41, 5.74) is 2.08. The van der Waals surface area contributed by atoms with Crippen molar-refractivity contribution in [2.75, 3.05) is 18.0 Å². The van der Waals surface area contributed by atoms with Gasteiger partial charge in [-0.05, 0) is 46.6 Å². The average molecular weight is 518 g/mol. The molecule has 0 aromatic carbocycles. The fourth-order valence-electron chi connectivity index (χ4n) is 4.47. The number of piperidine rings is 1. The molecule has 1 aliphatic heterocycles. The van der Waals surface area contributed by atoms with E-state index in [4.69, 9.17) is 9.72 Å². The predicted octanol–water partition coefficient (Wildman–Crippen LogP) is 2.77. The number of ether oxygens (including phenoxy) is 1. The summed E-state index contributed by atoms with van der Waals surface area (Å²) >= 11 is 0. The number of hydrogen-bond acceptors (Lipinski definition) is 9. The lowest BCUT2D eigenvalue weighted by molar-refractivity contribution is 0.0500. The number of nitrogens with zero attached hydrogens (tertiary/aromatic N) is 8. The van der Waals surface area contributed by atoms with Gasteiger partial charge in [0.05, 0.1) is 35.5 Å². The highest BCUT2D eigenvalue weighted by Gasteiger charge is 2.27. The van der Waals surface area contributed by atoms with Crippen molar-refractivity contribution in [3.8, 4) is 17.2 Å². The monoisotopic (exact) mass is 517 g/mol. The van der Waals surface area contributed by atoms with Crippen LogP contribution in [0.3, 0.4) is 0 Å². The summed E-state index contributed by atoms with van der Waals surface area (Å²) in [5, 5.41) is 8.29. The van der Waals surface area contributed by atoms with E-state index in [1.165, 1.54) is 4.57 Å². The van der Waals surface area contributed by atoms with Crippen molar-refractivity contribution in [1.29, 1.82) is 0 Å². The molecule has 0 spiro atoms. The number of carbonyl (C=O) groups excluding carboxylic acids is 1. The maximum Gasteiger partial charge on any atom is 0.407 e. The molecule has 0 aliphatic carbocycles. The van der Waals surface area contributed by atoms with Gasteiger partial charge in [0.2, 0.25) is 0 Å². The van der Waals surface area contributed by atoms with Gasteiger partial charge in [0.25, 0.3) is 5.56 Å². The highest BCUT2D eigenvalue weighted by Crippen LogP contribution is 2.23. The second-order valence-corrected chi connectivity index (χ2v) is 10.5. The van der Waals surface area contributed by atoms with E-state index in [0.29, 0.717) is 36.1 Å². The van der Waals surface area contributed by atoms with Gasteiger partial charge in [-0.15, -0.1) is 0 Å². The molecule has 1 N–H and O–H groups in total. The van der Waals surface area contributed by atoms with Crippen LogP contribution in [-0.4, -0.2) is 65.1 Å². The molecule has 1 aliphatic rings. The Morgan fingerprint density at radius 3 is 2.71 bits per heavy atom. The summed E-state index contributed by atoms with van der Waals surface area (Å²) in [6.45, 7) is 8.45. The number of carbonyl (C=O) groups is 1. The zero-order valence-electron chi connectivity index (χ0n) is 22.2. The third-order valence-electron chi connectivity index (χ3n) is 6.17. The molecule has 0 saturated carbocycles. The van der Waals surface area contributed by atoms with Crippen LogP contribution in [0.2, 0.25) is 0 Å². The van der Waals surface area contributed by atoms with Gasteiger partial charge in [-0.3, -0.25) is 14.8 Å². The standard InChI is InChI=1S/C26H31N9O3/c1-16-10-27-13-20(30-16)19-9-21-17(11-28-19)12-29-35(21)22-15-33(5)24(36)23(32-22)34-8-6-7-18(14-34)31-25(37)38-26(2,3)4/h9-13,15,18H,6-8,14H2,1-5H3,(H,31,37). The summed E-state index contributed by atoms with van der Waals surface area (Å²) in [5.74, 6) is 0.801. The van der Waals surface area contributed by atoms with E-state index in [-0.39, 0.29) is 11.6 Å². The van der Waals surface area contributed by atoms with E-state index >= 15 is 0 Å². The summed E-state index contributed by atoms with van der Waals surface area (Å²) in [4.78, 5) is 45.4. The summed E-state index contributed by atoms with van der Waals surface area (Å²) in [6.07, 6.45) is 9.58. The van der Waals surface area contributed by atoms with Crippen molar-refractivity contribution >= 4 is 22.8 Å². The Kier molecular flexibility index (Phi) is 6.55. The molecule has 1 atom stereocenters. The SMILES string of the molecule is Cc1cncc(-c2cc3c(cn2)cnn3-c2cn(C)c(=O)c(N3CCCC(NC(=O)OC(C)(C)C)C3)n2)n1. The van der Waals surface area contributed by atoms with Crippen LogP contribution in [0, 0.1) is 6.92 Å². The minimum Gasteiger partial charge on any atom is -0.444 e. The number of aryl methyl sites for hydroxylation is 2. The average Bonchev–Trinajstić information content (AvgIpc) is 3.28. The zero-order valence-corrected chi connectivity index (χ0v) is 22.2. The first-order valence-electron chi connectivity index (χ1n) is 12.5. The predicted molar refractivity (Wildman–Crippen MR) is 142 cm³/mol. The van der Waals surface area contributed by atoms with Gasteiger partial charge in [0, 0.05) is 44.0 Å². The Bertz CT molecular complexity index is 1550. The molecule has 12 heteroatoms. The Labute approximate surface area is 219 Å². The Balaban J connectivity index is 1.46. The van der Waals surface area contributed by atoms with Gasteiger partial charge in [-0.2, -0.15) is 5.10 Å². The summed E-state index contributed by atoms with van der Waals surface area (Å²) < 4.78 is 8.60. The molecule has 1 fully saturated rings. The van der Waals surface area contributed by atoms with Gasteiger partial charge in [-0.25, -0.2) is 19.4 Å². The number of nitrogens with one attached hydrogen (secondary N) is 1. The van der Waals surface area contributed by atoms with Crippen molar-refractivity contribution in [3.63, 3.8) is 0 Å². The normalized spacial score (nSPS) is 16.0. The first kappa shape index (κ1) is 25.3. The molecule has 1 saturated heterocycles. The first-order chi connectivity index (χ1) is 18.1. The highest BCUT2D eigenvalue weighted by atomic mass is 16.6. The Morgan fingerprint density at radius 2 is 1.95 bits per heavy atom. The van der Waals surface area contributed by atoms with Crippen LogP contribution >= 0.6 is 0 Å². The van der Waals surface area contributed by atoms with E-state index in [1.807, 2.05) is 38.7 Å². The molecule has 5 rings (SSSR count). The molecule has 5 heterocycles. The van der Waals surface area contributed by atoms with Crippen LogP contribution in [0.1, 0.15) is 39.3 Å². The topological polar surface area (TPSA) is 133 Å². The Morgan fingerprint density at radius 1 is 1.13 bits per heavy atom. The van der Waals surface area contributed by atoms with E-state index < -0.39 is 11.7 Å². The van der Waals surface area contributed by atoms with Crippen molar-refractivity contribution in [1.82, 2.24) is 39.6 Å². The number of hydrogen-bond donors (Lipinski definition) is 1. The zero-order chi connectivity index (χ0) is 27.0. The van der Waals surface area contributed by atoms with Crippen LogP contribution in [0.5, 0.6) is 0 Å². The number of aromatic nitrogens is 7. The molecule has 4 aromatic rings. The van der Waals surface area contributed by atoms with Crippen molar-refractivity contribution < 1.29 is 9.53 Å². The molecule has 1 unspecified atom stereocenters. The molecular weight excluding hydrogens is 486 g/mol. The maximum atomic E-state index is 13.1. The second-order valence-electron chi connectivity index (χ2n) is 10.5. The van der Waals surface area contributed by atoms with Crippen molar-refractivity contribution in [3.05, 3.63) is 53.1 Å². The van der Waals surface area contributed by atoms with Gasteiger partial charge in [0.1, 0.15) is 11.3 Å². The molecule has 12 nitrogen and oxygen atoms in total. The maximum absolute atomic E-state index is 13.1. The van der Waals surface area contributed by atoms with Crippen LogP contribution in [-0.2, 0) is 11.8 Å². The van der Waals surface area contributed by atoms with Crippen molar-refractivity contribution in [2.24, 2.45) is 7.05 Å². The molecule has 4 aromatic heterocycles. The van der Waals surface area contributed by atoms with E-state index in [0.717, 1.165) is 29.4 Å². The second kappa shape index (κ2) is 9.84. The number of pyridine rings is 1. The van der Waals surface area contributed by atoms with E-state index in [1.54, 1.807) is 42.7 Å². The number of anilines is 1. The molecule has 38 heavy (non-hydrogen) atoms. The van der Waals surface area contributed by atoms with Gasteiger partial charge >= 0.3 is 6.09 Å². The lowest BCUT2D eigenvalue weighted by atomic mass is 10.1. The van der Waals surface area contributed by atoms with Gasteiger partial charge in [0.15, 0.2) is 11.6 Å². The fraction of sp³-hybridized carbons (Fsp3) is 0.423. The van der Waals surface area contributed by atoms with E-state index in [2.05, 4.69) is 25.4 Å². The van der Waals surface area contributed by atoms with Crippen LogP contribution in [0.15, 0.2) is 41.8 Å². The largest absolute Gasteiger partial charge is 0.444 e. The molecule has 1 amide bonds. The number of fused-ring (bicyclic) bond motifs is 1. The molecular formula is C26H31N9O3. The minimum absolute atomic E-state index is 0.164. The molecule has 0 radical (unpaired) electrons. The minimum atomic E-state index is -0.585. The van der Waals surface area contributed by atoms with Gasteiger partial charge < -0.3 is 19.5 Å². The van der Waals surface area contributed by atoms with E-state index in [9.17, 15) is 9.59 Å². The molecule has 0 bridgehead atoms. The summed E-state index contributed by atoms with van der Waals surface area (Å²) in [6, 6.07) is 1.73. The fourth-order valence-corrected chi connectivity index (χ4v) is 4.47. The number of amides is 1. The molecule has 198 valence electrons.